The standard InChI is InChI=1S/C17H20N2O/c1-19(13-15-10-6-3-7-11-15)17(20)16(18)12-14-8-4-2-5-9-14/h2-11,16H,12-13,18H2,1H3/t16-/m1/s1. The molecule has 0 saturated heterocycles. The first-order valence-electron chi connectivity index (χ1n) is 6.75. The molecule has 0 fully saturated rings. The predicted molar refractivity (Wildman–Crippen MR) is 81.0 cm³/mol. The largest absolute Gasteiger partial charge is 0.340 e. The van der Waals surface area contributed by atoms with E-state index in [-0.39, 0.29) is 5.91 Å². The van der Waals surface area contributed by atoms with Crippen molar-refractivity contribution in [1.82, 2.24) is 4.90 Å². The van der Waals surface area contributed by atoms with Gasteiger partial charge in [-0.2, -0.15) is 0 Å². The third kappa shape index (κ3) is 3.93. The highest BCUT2D eigenvalue weighted by molar-refractivity contribution is 5.81. The Hall–Kier alpha value is -2.13. The minimum Gasteiger partial charge on any atom is -0.340 e. The summed E-state index contributed by atoms with van der Waals surface area (Å²) in [6.07, 6.45) is 0.568. The normalized spacial score (nSPS) is 11.9. The zero-order chi connectivity index (χ0) is 14.4. The Balaban J connectivity index is 1.93. The molecule has 2 rings (SSSR count). The van der Waals surface area contributed by atoms with E-state index < -0.39 is 6.04 Å². The van der Waals surface area contributed by atoms with E-state index in [0.717, 1.165) is 11.1 Å². The van der Waals surface area contributed by atoms with Crippen LogP contribution < -0.4 is 5.73 Å². The Morgan fingerprint density at radius 1 is 1.00 bits per heavy atom. The van der Waals surface area contributed by atoms with Gasteiger partial charge >= 0.3 is 0 Å². The lowest BCUT2D eigenvalue weighted by Gasteiger charge is -2.21. The number of hydrogen-bond acceptors (Lipinski definition) is 2. The molecule has 0 aliphatic rings. The van der Waals surface area contributed by atoms with Crippen LogP contribution in [-0.4, -0.2) is 23.9 Å². The van der Waals surface area contributed by atoms with Gasteiger partial charge in [-0.1, -0.05) is 60.7 Å². The maximum Gasteiger partial charge on any atom is 0.239 e. The SMILES string of the molecule is CN(Cc1ccccc1)C(=O)[C@H](N)Cc1ccccc1. The maximum atomic E-state index is 12.3. The summed E-state index contributed by atoms with van der Waals surface area (Å²) in [6.45, 7) is 0.585. The van der Waals surface area contributed by atoms with Crippen LogP contribution in [0.3, 0.4) is 0 Å². The first-order valence-corrected chi connectivity index (χ1v) is 6.75. The van der Waals surface area contributed by atoms with Crippen LogP contribution in [0.2, 0.25) is 0 Å². The summed E-state index contributed by atoms with van der Waals surface area (Å²) in [6, 6.07) is 19.3. The Labute approximate surface area is 120 Å². The minimum atomic E-state index is -0.494. The van der Waals surface area contributed by atoms with Gasteiger partial charge in [0.1, 0.15) is 0 Å². The average Bonchev–Trinajstić information content (AvgIpc) is 2.48. The molecule has 0 spiro atoms. The summed E-state index contributed by atoms with van der Waals surface area (Å²) >= 11 is 0. The maximum absolute atomic E-state index is 12.3. The molecule has 0 radical (unpaired) electrons. The highest BCUT2D eigenvalue weighted by Gasteiger charge is 2.18. The quantitative estimate of drug-likeness (QED) is 0.903. The van der Waals surface area contributed by atoms with E-state index in [2.05, 4.69) is 0 Å². The third-order valence-electron chi connectivity index (χ3n) is 3.25. The summed E-state index contributed by atoms with van der Waals surface area (Å²) in [7, 11) is 1.79. The molecule has 20 heavy (non-hydrogen) atoms. The van der Waals surface area contributed by atoms with E-state index in [9.17, 15) is 4.79 Å². The van der Waals surface area contributed by atoms with Crippen molar-refractivity contribution in [1.29, 1.82) is 0 Å². The zero-order valence-corrected chi connectivity index (χ0v) is 11.7. The van der Waals surface area contributed by atoms with E-state index in [1.807, 2.05) is 60.7 Å². The highest BCUT2D eigenvalue weighted by Crippen LogP contribution is 2.07. The molecular formula is C17H20N2O. The van der Waals surface area contributed by atoms with Crippen LogP contribution in [0, 0.1) is 0 Å². The van der Waals surface area contributed by atoms with Gasteiger partial charge in [0.15, 0.2) is 0 Å². The van der Waals surface area contributed by atoms with Crippen molar-refractivity contribution in [3.63, 3.8) is 0 Å². The van der Waals surface area contributed by atoms with Crippen LogP contribution in [0.1, 0.15) is 11.1 Å². The second-order valence-electron chi connectivity index (χ2n) is 4.98. The van der Waals surface area contributed by atoms with E-state index in [4.69, 9.17) is 5.73 Å². The number of carbonyl (C=O) groups excluding carboxylic acids is 1. The van der Waals surface area contributed by atoms with Crippen LogP contribution >= 0.6 is 0 Å². The monoisotopic (exact) mass is 268 g/mol. The lowest BCUT2D eigenvalue weighted by atomic mass is 10.1. The predicted octanol–water partition coefficient (Wildman–Crippen LogP) is 2.21. The molecule has 0 aromatic heterocycles. The number of likely N-dealkylation sites (N-methyl/N-ethyl adjacent to an activating group) is 1. The van der Waals surface area contributed by atoms with Crippen LogP contribution in [0.15, 0.2) is 60.7 Å². The fourth-order valence-corrected chi connectivity index (χ4v) is 2.17. The molecule has 1 atom stereocenters. The second kappa shape index (κ2) is 6.87. The molecule has 2 N–H and O–H groups in total. The molecule has 3 heteroatoms. The lowest BCUT2D eigenvalue weighted by Crippen LogP contribution is -2.42. The van der Waals surface area contributed by atoms with Gasteiger partial charge in [-0.15, -0.1) is 0 Å². The van der Waals surface area contributed by atoms with E-state index in [0.29, 0.717) is 13.0 Å². The van der Waals surface area contributed by atoms with Crippen LogP contribution in [0.5, 0.6) is 0 Å². The fourth-order valence-electron chi connectivity index (χ4n) is 2.17. The van der Waals surface area contributed by atoms with Gasteiger partial charge in [-0.05, 0) is 17.5 Å². The number of amides is 1. The van der Waals surface area contributed by atoms with Gasteiger partial charge in [0.05, 0.1) is 6.04 Å². The summed E-state index contributed by atoms with van der Waals surface area (Å²) in [5.74, 6) is -0.0299. The van der Waals surface area contributed by atoms with Gasteiger partial charge in [0.2, 0.25) is 5.91 Å². The molecule has 0 aliphatic heterocycles. The molecular weight excluding hydrogens is 248 g/mol. The molecule has 3 nitrogen and oxygen atoms in total. The van der Waals surface area contributed by atoms with Gasteiger partial charge in [0.25, 0.3) is 0 Å². The molecule has 2 aromatic rings. The molecule has 0 saturated carbocycles. The number of hydrogen-bond donors (Lipinski definition) is 1. The summed E-state index contributed by atoms with van der Waals surface area (Å²) in [4.78, 5) is 13.9. The molecule has 2 aromatic carbocycles. The molecule has 104 valence electrons. The summed E-state index contributed by atoms with van der Waals surface area (Å²) < 4.78 is 0. The van der Waals surface area contributed by atoms with Crippen LogP contribution in [0.25, 0.3) is 0 Å². The first kappa shape index (κ1) is 14.3. The smallest absolute Gasteiger partial charge is 0.239 e. The first-order chi connectivity index (χ1) is 9.66. The number of rotatable bonds is 5. The van der Waals surface area contributed by atoms with Crippen LogP contribution in [0.4, 0.5) is 0 Å². The van der Waals surface area contributed by atoms with Crippen LogP contribution in [-0.2, 0) is 17.8 Å². The minimum absolute atomic E-state index is 0.0299. The number of benzene rings is 2. The summed E-state index contributed by atoms with van der Waals surface area (Å²) in [5, 5.41) is 0. The molecule has 1 amide bonds. The van der Waals surface area contributed by atoms with Crippen molar-refractivity contribution in [3.05, 3.63) is 71.8 Å². The van der Waals surface area contributed by atoms with Crippen molar-refractivity contribution in [3.8, 4) is 0 Å². The zero-order valence-electron chi connectivity index (χ0n) is 11.7. The average molecular weight is 268 g/mol. The van der Waals surface area contributed by atoms with Crippen molar-refractivity contribution < 1.29 is 4.79 Å². The van der Waals surface area contributed by atoms with Gasteiger partial charge in [0, 0.05) is 13.6 Å². The number of nitrogens with two attached hydrogens (primary N) is 1. The van der Waals surface area contributed by atoms with Crippen molar-refractivity contribution in [2.75, 3.05) is 7.05 Å². The Kier molecular flexibility index (Phi) is 4.91. The van der Waals surface area contributed by atoms with Crippen molar-refractivity contribution in [2.24, 2.45) is 5.73 Å². The Morgan fingerprint density at radius 3 is 2.05 bits per heavy atom. The van der Waals surface area contributed by atoms with E-state index in [1.54, 1.807) is 11.9 Å². The molecule has 0 unspecified atom stereocenters. The van der Waals surface area contributed by atoms with Crippen molar-refractivity contribution in [2.45, 2.75) is 19.0 Å². The molecule has 0 aliphatic carbocycles. The van der Waals surface area contributed by atoms with E-state index >= 15 is 0 Å². The van der Waals surface area contributed by atoms with Gasteiger partial charge < -0.3 is 10.6 Å². The molecule has 0 heterocycles. The Bertz CT molecular complexity index is 490. The number of carbonyl (C=O) groups is 1. The number of nitrogens with zero attached hydrogens (tertiary/aromatic N) is 1. The van der Waals surface area contributed by atoms with Gasteiger partial charge in [-0.25, -0.2) is 0 Å². The second-order valence-corrected chi connectivity index (χ2v) is 4.98. The van der Waals surface area contributed by atoms with Crippen molar-refractivity contribution >= 4 is 5.91 Å². The fraction of sp³-hybridized carbons (Fsp3) is 0.235. The Morgan fingerprint density at radius 2 is 1.50 bits per heavy atom. The van der Waals surface area contributed by atoms with E-state index in [1.165, 1.54) is 0 Å². The third-order valence-corrected chi connectivity index (χ3v) is 3.25. The topological polar surface area (TPSA) is 46.3 Å². The molecule has 0 bridgehead atoms. The highest BCUT2D eigenvalue weighted by atomic mass is 16.2. The summed E-state index contributed by atoms with van der Waals surface area (Å²) in [5.41, 5.74) is 8.20. The lowest BCUT2D eigenvalue weighted by molar-refractivity contribution is -0.131. The van der Waals surface area contributed by atoms with Gasteiger partial charge in [-0.3, -0.25) is 4.79 Å².